The number of anilines is 2. The zero-order chi connectivity index (χ0) is 14.3. The third-order valence-electron chi connectivity index (χ3n) is 3.54. The first-order chi connectivity index (χ1) is 9.54. The molecule has 2 aromatic carbocycles. The van der Waals surface area contributed by atoms with Crippen molar-refractivity contribution in [3.05, 3.63) is 57.6 Å². The largest absolute Gasteiger partial charge is 0.370 e. The first-order valence-corrected chi connectivity index (χ1v) is 7.28. The summed E-state index contributed by atoms with van der Waals surface area (Å²) in [5, 5.41) is 6.26. The molecule has 4 heteroatoms. The van der Waals surface area contributed by atoms with E-state index < -0.39 is 0 Å². The number of carbonyl (C=O) groups is 1. The van der Waals surface area contributed by atoms with Crippen molar-refractivity contribution in [2.75, 3.05) is 10.6 Å². The minimum absolute atomic E-state index is 0.0148. The molecule has 0 radical (unpaired) electrons. The Balaban J connectivity index is 1.97. The SMILES string of the molecule is Cc1ccc(C)c(NC2C(=O)Nc3ccc(Br)cc32)c1. The maximum atomic E-state index is 12.2. The highest BCUT2D eigenvalue weighted by atomic mass is 79.9. The van der Waals surface area contributed by atoms with Gasteiger partial charge in [-0.3, -0.25) is 4.79 Å². The van der Waals surface area contributed by atoms with Gasteiger partial charge in [0.1, 0.15) is 6.04 Å². The number of halogens is 1. The Labute approximate surface area is 126 Å². The summed E-state index contributed by atoms with van der Waals surface area (Å²) in [4.78, 5) is 12.2. The fraction of sp³-hybridized carbons (Fsp3) is 0.188. The molecule has 2 N–H and O–H groups in total. The van der Waals surface area contributed by atoms with E-state index in [1.165, 1.54) is 5.56 Å². The molecule has 3 nitrogen and oxygen atoms in total. The minimum Gasteiger partial charge on any atom is -0.370 e. The van der Waals surface area contributed by atoms with Crippen LogP contribution in [-0.2, 0) is 4.79 Å². The van der Waals surface area contributed by atoms with E-state index in [4.69, 9.17) is 0 Å². The van der Waals surface area contributed by atoms with Crippen molar-refractivity contribution < 1.29 is 4.79 Å². The Morgan fingerprint density at radius 1 is 1.15 bits per heavy atom. The van der Waals surface area contributed by atoms with Gasteiger partial charge < -0.3 is 10.6 Å². The van der Waals surface area contributed by atoms with E-state index >= 15 is 0 Å². The first-order valence-electron chi connectivity index (χ1n) is 6.49. The van der Waals surface area contributed by atoms with E-state index in [-0.39, 0.29) is 11.9 Å². The van der Waals surface area contributed by atoms with Gasteiger partial charge in [0.15, 0.2) is 0 Å². The average Bonchev–Trinajstić information content (AvgIpc) is 2.70. The standard InChI is InChI=1S/C16H15BrN2O/c1-9-3-4-10(2)14(7-9)18-15-12-8-11(17)5-6-13(12)19-16(15)20/h3-8,15,18H,1-2H3,(H,19,20). The van der Waals surface area contributed by atoms with Gasteiger partial charge in [-0.05, 0) is 49.2 Å². The van der Waals surface area contributed by atoms with E-state index in [2.05, 4.69) is 44.8 Å². The second-order valence-corrected chi connectivity index (χ2v) is 6.03. The van der Waals surface area contributed by atoms with Crippen molar-refractivity contribution in [3.63, 3.8) is 0 Å². The molecule has 2 aromatic rings. The topological polar surface area (TPSA) is 41.1 Å². The van der Waals surface area contributed by atoms with Crippen LogP contribution in [0.3, 0.4) is 0 Å². The summed E-state index contributed by atoms with van der Waals surface area (Å²) in [5.74, 6) is -0.0148. The summed E-state index contributed by atoms with van der Waals surface area (Å²) in [7, 11) is 0. The van der Waals surface area contributed by atoms with E-state index in [0.29, 0.717) is 0 Å². The highest BCUT2D eigenvalue weighted by Gasteiger charge is 2.30. The zero-order valence-corrected chi connectivity index (χ0v) is 12.9. The molecule has 0 bridgehead atoms. The second-order valence-electron chi connectivity index (χ2n) is 5.12. The van der Waals surface area contributed by atoms with Crippen LogP contribution in [0.2, 0.25) is 0 Å². The lowest BCUT2D eigenvalue weighted by Gasteiger charge is -2.16. The quantitative estimate of drug-likeness (QED) is 0.867. The number of aryl methyl sites for hydroxylation is 2. The Bertz CT molecular complexity index is 697. The summed E-state index contributed by atoms with van der Waals surface area (Å²) in [6, 6.07) is 11.7. The molecule has 102 valence electrons. The molecule has 0 spiro atoms. The number of hydrogen-bond acceptors (Lipinski definition) is 2. The van der Waals surface area contributed by atoms with Crippen LogP contribution < -0.4 is 10.6 Å². The molecule has 0 aromatic heterocycles. The summed E-state index contributed by atoms with van der Waals surface area (Å²) in [5.41, 5.74) is 5.15. The van der Waals surface area contributed by atoms with Crippen LogP contribution in [-0.4, -0.2) is 5.91 Å². The summed E-state index contributed by atoms with van der Waals surface area (Å²) in [6.45, 7) is 4.08. The third kappa shape index (κ3) is 2.31. The fourth-order valence-corrected chi connectivity index (χ4v) is 2.80. The number of amides is 1. The Morgan fingerprint density at radius 2 is 1.95 bits per heavy atom. The molecule has 1 aliphatic heterocycles. The van der Waals surface area contributed by atoms with Gasteiger partial charge in [-0.1, -0.05) is 28.1 Å². The lowest BCUT2D eigenvalue weighted by atomic mass is 10.1. The van der Waals surface area contributed by atoms with Crippen LogP contribution in [0.4, 0.5) is 11.4 Å². The third-order valence-corrected chi connectivity index (χ3v) is 4.03. The summed E-state index contributed by atoms with van der Waals surface area (Å²) in [6.07, 6.45) is 0. The molecule has 1 heterocycles. The lowest BCUT2D eigenvalue weighted by molar-refractivity contribution is -0.116. The zero-order valence-electron chi connectivity index (χ0n) is 11.3. The molecule has 1 atom stereocenters. The fourth-order valence-electron chi connectivity index (χ4n) is 2.42. The van der Waals surface area contributed by atoms with Crippen LogP contribution in [0.1, 0.15) is 22.7 Å². The number of benzene rings is 2. The number of nitrogens with one attached hydrogen (secondary N) is 2. The molecular formula is C16H15BrN2O. The lowest BCUT2D eigenvalue weighted by Crippen LogP contribution is -2.20. The van der Waals surface area contributed by atoms with E-state index in [1.807, 2.05) is 32.0 Å². The normalized spacial score (nSPS) is 16.8. The van der Waals surface area contributed by atoms with Gasteiger partial charge >= 0.3 is 0 Å². The van der Waals surface area contributed by atoms with Gasteiger partial charge in [-0.15, -0.1) is 0 Å². The monoisotopic (exact) mass is 330 g/mol. The number of hydrogen-bond donors (Lipinski definition) is 2. The Kier molecular flexibility index (Phi) is 3.26. The van der Waals surface area contributed by atoms with Crippen LogP contribution in [0.15, 0.2) is 40.9 Å². The molecule has 20 heavy (non-hydrogen) atoms. The van der Waals surface area contributed by atoms with Gasteiger partial charge in [-0.2, -0.15) is 0 Å². The molecule has 1 amide bonds. The predicted molar refractivity (Wildman–Crippen MR) is 85.1 cm³/mol. The molecule has 1 aliphatic rings. The Morgan fingerprint density at radius 3 is 2.75 bits per heavy atom. The van der Waals surface area contributed by atoms with Crippen molar-refractivity contribution in [3.8, 4) is 0 Å². The summed E-state index contributed by atoms with van der Waals surface area (Å²) < 4.78 is 0.973. The van der Waals surface area contributed by atoms with Crippen LogP contribution in [0.25, 0.3) is 0 Å². The van der Waals surface area contributed by atoms with Crippen LogP contribution in [0.5, 0.6) is 0 Å². The summed E-state index contributed by atoms with van der Waals surface area (Å²) >= 11 is 3.46. The Hall–Kier alpha value is -1.81. The smallest absolute Gasteiger partial charge is 0.251 e. The number of fused-ring (bicyclic) bond motifs is 1. The number of carbonyl (C=O) groups excluding carboxylic acids is 1. The van der Waals surface area contributed by atoms with Crippen molar-refractivity contribution in [2.24, 2.45) is 0 Å². The molecule has 0 saturated carbocycles. The van der Waals surface area contributed by atoms with Gasteiger partial charge in [0.05, 0.1) is 0 Å². The van der Waals surface area contributed by atoms with Gasteiger partial charge in [0.25, 0.3) is 5.91 Å². The van der Waals surface area contributed by atoms with E-state index in [0.717, 1.165) is 27.0 Å². The highest BCUT2D eigenvalue weighted by molar-refractivity contribution is 9.10. The van der Waals surface area contributed by atoms with Crippen molar-refractivity contribution in [1.82, 2.24) is 0 Å². The van der Waals surface area contributed by atoms with E-state index in [1.54, 1.807) is 0 Å². The highest BCUT2D eigenvalue weighted by Crippen LogP contribution is 2.35. The molecule has 0 fully saturated rings. The average molecular weight is 331 g/mol. The van der Waals surface area contributed by atoms with Gasteiger partial charge in [0, 0.05) is 21.4 Å². The molecule has 0 aliphatic carbocycles. The predicted octanol–water partition coefficient (Wildman–Crippen LogP) is 4.17. The maximum absolute atomic E-state index is 12.2. The minimum atomic E-state index is -0.344. The van der Waals surface area contributed by atoms with Crippen molar-refractivity contribution in [1.29, 1.82) is 0 Å². The molecule has 1 unspecified atom stereocenters. The van der Waals surface area contributed by atoms with Crippen molar-refractivity contribution in [2.45, 2.75) is 19.9 Å². The second kappa shape index (κ2) is 4.94. The number of rotatable bonds is 2. The van der Waals surface area contributed by atoms with Crippen LogP contribution >= 0.6 is 15.9 Å². The maximum Gasteiger partial charge on any atom is 0.251 e. The van der Waals surface area contributed by atoms with Gasteiger partial charge in [0.2, 0.25) is 0 Å². The molecule has 0 saturated heterocycles. The first kappa shape index (κ1) is 13.2. The van der Waals surface area contributed by atoms with Crippen LogP contribution in [0, 0.1) is 13.8 Å². The molecular weight excluding hydrogens is 316 g/mol. The van der Waals surface area contributed by atoms with Crippen molar-refractivity contribution >= 4 is 33.2 Å². The van der Waals surface area contributed by atoms with E-state index in [9.17, 15) is 4.79 Å². The van der Waals surface area contributed by atoms with Gasteiger partial charge in [-0.25, -0.2) is 0 Å². The molecule has 3 rings (SSSR count).